The molecule has 3 amide bonds. The normalized spacial score (nSPS) is 10.9. The molecule has 42 heavy (non-hydrogen) atoms. The molecule has 222 valence electrons. The molecule has 0 bridgehead atoms. The number of pyridine rings is 1. The first-order valence-corrected chi connectivity index (χ1v) is 13.6. The Morgan fingerprint density at radius 1 is 0.976 bits per heavy atom. The van der Waals surface area contributed by atoms with Gasteiger partial charge in [-0.3, -0.25) is 14.4 Å². The van der Waals surface area contributed by atoms with Crippen molar-refractivity contribution in [3.05, 3.63) is 72.1 Å². The Hall–Kier alpha value is -5.04. The van der Waals surface area contributed by atoms with Crippen molar-refractivity contribution < 1.29 is 14.4 Å². The monoisotopic (exact) mass is 574 g/mol. The van der Waals surface area contributed by atoms with Crippen LogP contribution in [0.1, 0.15) is 40.5 Å². The van der Waals surface area contributed by atoms with E-state index >= 15 is 0 Å². The first-order valence-electron chi connectivity index (χ1n) is 13.6. The van der Waals surface area contributed by atoms with Crippen molar-refractivity contribution in [3.63, 3.8) is 0 Å². The van der Waals surface area contributed by atoms with E-state index in [0.717, 1.165) is 6.42 Å². The van der Waals surface area contributed by atoms with Crippen molar-refractivity contribution >= 4 is 46.7 Å². The number of hydrogen-bond donors (Lipinski definition) is 6. The number of primary amides is 1. The molecule has 0 spiro atoms. The largest absolute Gasteiger partial charge is 0.369 e. The van der Waals surface area contributed by atoms with Crippen LogP contribution in [-0.2, 0) is 4.79 Å². The third kappa shape index (κ3) is 10.2. The number of nitrogens with two attached hydrogens (primary N) is 1. The lowest BCUT2D eigenvalue weighted by atomic mass is 10.2. The Labute approximate surface area is 245 Å². The molecule has 0 radical (unpaired) electrons. The number of hydrogen-bond acceptors (Lipinski definition) is 10. The van der Waals surface area contributed by atoms with Gasteiger partial charge in [0.1, 0.15) is 17.2 Å². The highest BCUT2D eigenvalue weighted by Crippen LogP contribution is 2.19. The number of anilines is 5. The van der Waals surface area contributed by atoms with E-state index in [-0.39, 0.29) is 11.8 Å². The highest BCUT2D eigenvalue weighted by atomic mass is 16.2. The molecule has 0 saturated carbocycles. The van der Waals surface area contributed by atoms with E-state index in [0.29, 0.717) is 72.7 Å². The average Bonchev–Trinajstić information content (AvgIpc) is 2.96. The van der Waals surface area contributed by atoms with Gasteiger partial charge in [0.15, 0.2) is 0 Å². The summed E-state index contributed by atoms with van der Waals surface area (Å²) in [5, 5.41) is 15.2. The molecular weight excluding hydrogens is 536 g/mol. The topological polar surface area (TPSA) is 179 Å². The van der Waals surface area contributed by atoms with Gasteiger partial charge in [-0.25, -0.2) is 9.97 Å². The number of nitrogens with zero attached hydrogens (tertiary/aromatic N) is 4. The summed E-state index contributed by atoms with van der Waals surface area (Å²) in [7, 11) is 3.85. The van der Waals surface area contributed by atoms with E-state index in [2.05, 4.69) is 41.5 Å². The van der Waals surface area contributed by atoms with E-state index in [1.165, 1.54) is 12.3 Å². The Morgan fingerprint density at radius 3 is 2.45 bits per heavy atom. The van der Waals surface area contributed by atoms with Gasteiger partial charge >= 0.3 is 0 Å². The summed E-state index contributed by atoms with van der Waals surface area (Å²) in [5.74, 6) is 0.201. The first kappa shape index (κ1) is 31.5. The highest BCUT2D eigenvalue weighted by Gasteiger charge is 2.15. The molecule has 0 aliphatic heterocycles. The summed E-state index contributed by atoms with van der Waals surface area (Å²) in [6.45, 7) is 4.22. The zero-order chi connectivity index (χ0) is 30.3. The maximum absolute atomic E-state index is 13.0. The molecule has 2 aromatic heterocycles. The van der Waals surface area contributed by atoms with Crippen LogP contribution in [0.25, 0.3) is 0 Å². The Balaban J connectivity index is 1.53. The fourth-order valence-electron chi connectivity index (χ4n) is 3.62. The maximum Gasteiger partial charge on any atom is 0.256 e. The fourth-order valence-corrected chi connectivity index (χ4v) is 3.62. The Morgan fingerprint density at radius 2 is 1.74 bits per heavy atom. The van der Waals surface area contributed by atoms with Gasteiger partial charge < -0.3 is 37.2 Å². The summed E-state index contributed by atoms with van der Waals surface area (Å²) >= 11 is 0. The third-order valence-corrected chi connectivity index (χ3v) is 5.74. The van der Waals surface area contributed by atoms with Crippen LogP contribution < -0.4 is 32.3 Å². The van der Waals surface area contributed by atoms with Crippen LogP contribution in [0.4, 0.5) is 29.0 Å². The molecule has 0 atom stereocenters. The standard InChI is InChI=1S/C29H38N10O3/c1-4-14-31-26-22(19-35-29(38-26)36-21-12-10-20(11-13-21)25(30)41)28(42)34-17-7-16-33-27-23(8-5-15-32-27)37-24(40)9-6-18-39(2)3/h5-6,8-13,15,19H,4,7,14,16-18H2,1-3H3,(H2,30,41)(H,32,33)(H,34,42)(H,37,40)(H2,31,35,36,38)/b9-6+. The summed E-state index contributed by atoms with van der Waals surface area (Å²) in [6.07, 6.45) is 7.83. The smallest absolute Gasteiger partial charge is 0.256 e. The maximum atomic E-state index is 13.0. The molecule has 13 nitrogen and oxygen atoms in total. The molecule has 7 N–H and O–H groups in total. The van der Waals surface area contributed by atoms with Crippen molar-refractivity contribution in [2.45, 2.75) is 19.8 Å². The quantitative estimate of drug-likeness (QED) is 0.110. The van der Waals surface area contributed by atoms with Gasteiger partial charge in [-0.05, 0) is 63.3 Å². The molecule has 3 aromatic rings. The highest BCUT2D eigenvalue weighted by molar-refractivity contribution is 6.01. The van der Waals surface area contributed by atoms with E-state index in [9.17, 15) is 14.4 Å². The molecule has 0 unspecified atom stereocenters. The minimum Gasteiger partial charge on any atom is -0.369 e. The number of benzene rings is 1. The van der Waals surface area contributed by atoms with Gasteiger partial charge in [-0.15, -0.1) is 0 Å². The second-order valence-electron chi connectivity index (χ2n) is 9.54. The van der Waals surface area contributed by atoms with Crippen LogP contribution >= 0.6 is 0 Å². The molecule has 0 saturated heterocycles. The minimum absolute atomic E-state index is 0.239. The number of amides is 3. The molecule has 2 heterocycles. The first-order chi connectivity index (χ1) is 20.3. The van der Waals surface area contributed by atoms with Gasteiger partial charge in [0.2, 0.25) is 17.8 Å². The minimum atomic E-state index is -0.510. The molecule has 3 rings (SSSR count). The predicted molar refractivity (Wildman–Crippen MR) is 165 cm³/mol. The lowest BCUT2D eigenvalue weighted by molar-refractivity contribution is -0.111. The number of aromatic nitrogens is 3. The summed E-state index contributed by atoms with van der Waals surface area (Å²) in [4.78, 5) is 51.5. The second-order valence-corrected chi connectivity index (χ2v) is 9.54. The van der Waals surface area contributed by atoms with E-state index in [1.54, 1.807) is 48.7 Å². The Bertz CT molecular complexity index is 1380. The molecule has 0 fully saturated rings. The van der Waals surface area contributed by atoms with Gasteiger partial charge in [0.05, 0.1) is 5.69 Å². The van der Waals surface area contributed by atoms with Crippen LogP contribution in [-0.4, -0.2) is 77.8 Å². The van der Waals surface area contributed by atoms with E-state index in [4.69, 9.17) is 5.73 Å². The van der Waals surface area contributed by atoms with Crippen molar-refractivity contribution in [2.24, 2.45) is 5.73 Å². The summed E-state index contributed by atoms with van der Waals surface area (Å²) < 4.78 is 0. The number of carbonyl (C=O) groups is 3. The number of rotatable bonds is 16. The lowest BCUT2D eigenvalue weighted by Gasteiger charge is -2.13. The lowest BCUT2D eigenvalue weighted by Crippen LogP contribution is -2.27. The van der Waals surface area contributed by atoms with Gasteiger partial charge in [-0.1, -0.05) is 13.0 Å². The van der Waals surface area contributed by atoms with Gasteiger partial charge in [-0.2, -0.15) is 4.98 Å². The van der Waals surface area contributed by atoms with Crippen molar-refractivity contribution in [1.29, 1.82) is 0 Å². The van der Waals surface area contributed by atoms with Crippen LogP contribution in [0.3, 0.4) is 0 Å². The molecule has 0 aliphatic rings. The van der Waals surface area contributed by atoms with E-state index < -0.39 is 5.91 Å². The van der Waals surface area contributed by atoms with Gasteiger partial charge in [0, 0.05) is 55.9 Å². The molecule has 13 heteroatoms. The van der Waals surface area contributed by atoms with Crippen molar-refractivity contribution in [1.82, 2.24) is 25.2 Å². The van der Waals surface area contributed by atoms with Gasteiger partial charge in [0.25, 0.3) is 5.91 Å². The van der Waals surface area contributed by atoms with Crippen LogP contribution in [0.5, 0.6) is 0 Å². The molecule has 0 aliphatic carbocycles. The van der Waals surface area contributed by atoms with Crippen LogP contribution in [0, 0.1) is 0 Å². The third-order valence-electron chi connectivity index (χ3n) is 5.74. The predicted octanol–water partition coefficient (Wildman–Crippen LogP) is 2.82. The SMILES string of the molecule is CCCNc1nc(Nc2ccc(C(N)=O)cc2)ncc1C(=O)NCCCNc1ncccc1NC(=O)/C=C/CN(C)C. The number of likely N-dealkylation sites (N-methyl/N-ethyl adjacent to an activating group) is 1. The summed E-state index contributed by atoms with van der Waals surface area (Å²) in [6, 6.07) is 10.1. The molecule has 1 aromatic carbocycles. The van der Waals surface area contributed by atoms with Crippen LogP contribution in [0.15, 0.2) is 60.9 Å². The molecular formula is C29H38N10O3. The fraction of sp³-hybridized carbons (Fsp3) is 0.310. The Kier molecular flexibility index (Phi) is 12.2. The van der Waals surface area contributed by atoms with Crippen LogP contribution in [0.2, 0.25) is 0 Å². The zero-order valence-electron chi connectivity index (χ0n) is 24.1. The number of nitrogens with one attached hydrogen (secondary N) is 5. The van der Waals surface area contributed by atoms with E-state index in [1.807, 2.05) is 25.9 Å². The second kappa shape index (κ2) is 16.3. The number of carbonyl (C=O) groups excluding carboxylic acids is 3. The zero-order valence-corrected chi connectivity index (χ0v) is 24.1. The average molecular weight is 575 g/mol. The van der Waals surface area contributed by atoms with Crippen molar-refractivity contribution in [2.75, 3.05) is 61.5 Å². The summed E-state index contributed by atoms with van der Waals surface area (Å²) in [5.41, 5.74) is 7.25. The van der Waals surface area contributed by atoms with Crippen molar-refractivity contribution in [3.8, 4) is 0 Å².